The Balaban J connectivity index is 2.69. The van der Waals surface area contributed by atoms with Crippen molar-refractivity contribution in [3.05, 3.63) is 34.9 Å². The second-order valence-corrected chi connectivity index (χ2v) is 4.60. The quantitative estimate of drug-likeness (QED) is 0.805. The lowest BCUT2D eigenvalue weighted by Gasteiger charge is -2.11. The molecule has 0 saturated carbocycles. The number of carbonyl (C=O) groups excluding carboxylic acids is 1. The summed E-state index contributed by atoms with van der Waals surface area (Å²) in [4.78, 5) is 11.9. The van der Waals surface area contributed by atoms with E-state index in [9.17, 15) is 4.79 Å². The molecule has 1 amide bonds. The van der Waals surface area contributed by atoms with Crippen molar-refractivity contribution in [2.75, 3.05) is 12.4 Å². The molecule has 1 aromatic rings. The van der Waals surface area contributed by atoms with Gasteiger partial charge >= 0.3 is 0 Å². The number of rotatable bonds is 4. The molecule has 1 aromatic carbocycles. The molecule has 0 saturated heterocycles. The Kier molecular flexibility index (Phi) is 4.81. The van der Waals surface area contributed by atoms with Crippen molar-refractivity contribution in [1.29, 1.82) is 0 Å². The average Bonchev–Trinajstić information content (AvgIpc) is 2.28. The molecular weight excluding hydrogens is 222 g/mol. The van der Waals surface area contributed by atoms with Crippen molar-refractivity contribution in [2.45, 2.75) is 20.8 Å². The normalized spacial score (nSPS) is 12.2. The number of halogens is 1. The number of hydrogen-bond donors (Lipinski definition) is 1. The van der Waals surface area contributed by atoms with Gasteiger partial charge in [-0.25, -0.2) is 0 Å². The Hall–Kier alpha value is -1.02. The van der Waals surface area contributed by atoms with Crippen LogP contribution in [-0.2, 0) is 0 Å². The Morgan fingerprint density at radius 3 is 2.75 bits per heavy atom. The number of amides is 1. The standard InChI is InChI=1S/C13H18ClNO/c1-9-4-5-11(3)12(6-9)13(16)15-8-10(2)7-14/h4-6,10H,7-8H2,1-3H3,(H,15,16). The maximum Gasteiger partial charge on any atom is 0.251 e. The summed E-state index contributed by atoms with van der Waals surface area (Å²) in [6.45, 7) is 6.56. The van der Waals surface area contributed by atoms with Crippen LogP contribution in [0.25, 0.3) is 0 Å². The van der Waals surface area contributed by atoms with Crippen LogP contribution in [0, 0.1) is 19.8 Å². The first-order valence-corrected chi connectivity index (χ1v) is 5.99. The van der Waals surface area contributed by atoms with Crippen LogP contribution >= 0.6 is 11.6 Å². The molecule has 1 unspecified atom stereocenters. The van der Waals surface area contributed by atoms with Gasteiger partial charge in [-0.15, -0.1) is 11.6 Å². The first-order chi connectivity index (χ1) is 7.54. The van der Waals surface area contributed by atoms with E-state index in [1.807, 2.05) is 39.0 Å². The topological polar surface area (TPSA) is 29.1 Å². The lowest BCUT2D eigenvalue weighted by Crippen LogP contribution is -2.29. The molecule has 0 aliphatic rings. The summed E-state index contributed by atoms with van der Waals surface area (Å²) in [6.07, 6.45) is 0. The number of nitrogens with one attached hydrogen (secondary N) is 1. The van der Waals surface area contributed by atoms with Crippen molar-refractivity contribution in [3.63, 3.8) is 0 Å². The van der Waals surface area contributed by atoms with E-state index in [2.05, 4.69) is 5.32 Å². The van der Waals surface area contributed by atoms with Gasteiger partial charge < -0.3 is 5.32 Å². The summed E-state index contributed by atoms with van der Waals surface area (Å²) in [5.41, 5.74) is 2.85. The molecule has 1 N–H and O–H groups in total. The van der Waals surface area contributed by atoms with Gasteiger partial charge in [0.15, 0.2) is 0 Å². The Morgan fingerprint density at radius 1 is 1.44 bits per heavy atom. The molecule has 0 spiro atoms. The monoisotopic (exact) mass is 239 g/mol. The fraction of sp³-hybridized carbons (Fsp3) is 0.462. The van der Waals surface area contributed by atoms with E-state index >= 15 is 0 Å². The highest BCUT2D eigenvalue weighted by Crippen LogP contribution is 2.10. The largest absolute Gasteiger partial charge is 0.352 e. The summed E-state index contributed by atoms with van der Waals surface area (Å²) in [5.74, 6) is 0.849. The third-order valence-corrected chi connectivity index (χ3v) is 3.04. The van der Waals surface area contributed by atoms with Crippen LogP contribution in [0.4, 0.5) is 0 Å². The van der Waals surface area contributed by atoms with Crippen LogP contribution in [0.15, 0.2) is 18.2 Å². The molecule has 0 aliphatic carbocycles. The van der Waals surface area contributed by atoms with Gasteiger partial charge in [0.1, 0.15) is 0 Å². The van der Waals surface area contributed by atoms with Crippen LogP contribution < -0.4 is 5.32 Å². The molecule has 0 radical (unpaired) electrons. The van der Waals surface area contributed by atoms with Gasteiger partial charge in [0.2, 0.25) is 0 Å². The van der Waals surface area contributed by atoms with Crippen LogP contribution in [0.5, 0.6) is 0 Å². The smallest absolute Gasteiger partial charge is 0.251 e. The van der Waals surface area contributed by atoms with Gasteiger partial charge in [0, 0.05) is 18.0 Å². The fourth-order valence-electron chi connectivity index (χ4n) is 1.40. The van der Waals surface area contributed by atoms with E-state index in [0.717, 1.165) is 16.7 Å². The zero-order valence-corrected chi connectivity index (χ0v) is 10.8. The highest BCUT2D eigenvalue weighted by atomic mass is 35.5. The van der Waals surface area contributed by atoms with Gasteiger partial charge in [-0.2, -0.15) is 0 Å². The third kappa shape index (κ3) is 3.53. The maximum absolute atomic E-state index is 11.9. The molecule has 0 heterocycles. The summed E-state index contributed by atoms with van der Waals surface area (Å²) in [7, 11) is 0. The van der Waals surface area contributed by atoms with Crippen molar-refractivity contribution >= 4 is 17.5 Å². The predicted octanol–water partition coefficient (Wildman–Crippen LogP) is 2.91. The minimum Gasteiger partial charge on any atom is -0.352 e. The lowest BCUT2D eigenvalue weighted by atomic mass is 10.0. The van der Waals surface area contributed by atoms with Crippen LogP contribution in [-0.4, -0.2) is 18.3 Å². The summed E-state index contributed by atoms with van der Waals surface area (Å²) in [6, 6.07) is 5.89. The molecule has 88 valence electrons. The summed E-state index contributed by atoms with van der Waals surface area (Å²) in [5, 5.41) is 2.89. The van der Waals surface area contributed by atoms with Crippen molar-refractivity contribution in [1.82, 2.24) is 5.32 Å². The van der Waals surface area contributed by atoms with Crippen molar-refractivity contribution < 1.29 is 4.79 Å². The van der Waals surface area contributed by atoms with Gasteiger partial charge in [-0.05, 0) is 31.4 Å². The van der Waals surface area contributed by atoms with Crippen molar-refractivity contribution in [2.24, 2.45) is 5.92 Å². The summed E-state index contributed by atoms with van der Waals surface area (Å²) < 4.78 is 0. The molecule has 0 fully saturated rings. The van der Waals surface area contributed by atoms with E-state index < -0.39 is 0 Å². The minimum absolute atomic E-state index is 0.0156. The number of hydrogen-bond acceptors (Lipinski definition) is 1. The Morgan fingerprint density at radius 2 is 2.12 bits per heavy atom. The zero-order chi connectivity index (χ0) is 12.1. The molecule has 0 aromatic heterocycles. The Bertz CT molecular complexity index is 376. The maximum atomic E-state index is 11.9. The number of alkyl halides is 1. The highest BCUT2D eigenvalue weighted by Gasteiger charge is 2.09. The van der Waals surface area contributed by atoms with Crippen molar-refractivity contribution in [3.8, 4) is 0 Å². The molecule has 0 aliphatic heterocycles. The number of benzene rings is 1. The second kappa shape index (κ2) is 5.90. The lowest BCUT2D eigenvalue weighted by molar-refractivity contribution is 0.0948. The van der Waals surface area contributed by atoms with Gasteiger partial charge in [-0.1, -0.05) is 24.6 Å². The Labute approximate surface area is 102 Å². The molecule has 16 heavy (non-hydrogen) atoms. The van der Waals surface area contributed by atoms with E-state index in [-0.39, 0.29) is 5.91 Å². The van der Waals surface area contributed by atoms with Gasteiger partial charge in [-0.3, -0.25) is 4.79 Å². The van der Waals surface area contributed by atoms with E-state index in [4.69, 9.17) is 11.6 Å². The van der Waals surface area contributed by atoms with E-state index in [0.29, 0.717) is 18.3 Å². The molecule has 1 atom stereocenters. The molecule has 3 heteroatoms. The van der Waals surface area contributed by atoms with E-state index in [1.54, 1.807) is 0 Å². The fourth-order valence-corrected chi connectivity index (χ4v) is 1.51. The SMILES string of the molecule is Cc1ccc(C)c(C(=O)NCC(C)CCl)c1. The van der Waals surface area contributed by atoms with Crippen LogP contribution in [0.3, 0.4) is 0 Å². The first-order valence-electron chi connectivity index (χ1n) is 5.46. The second-order valence-electron chi connectivity index (χ2n) is 4.29. The molecule has 0 bridgehead atoms. The first kappa shape index (κ1) is 13.0. The van der Waals surface area contributed by atoms with E-state index in [1.165, 1.54) is 0 Å². The molecular formula is C13H18ClNO. The van der Waals surface area contributed by atoms with Crippen LogP contribution in [0.1, 0.15) is 28.4 Å². The molecule has 2 nitrogen and oxygen atoms in total. The number of aryl methyl sites for hydroxylation is 2. The van der Waals surface area contributed by atoms with Gasteiger partial charge in [0.25, 0.3) is 5.91 Å². The minimum atomic E-state index is -0.0156. The predicted molar refractivity (Wildman–Crippen MR) is 68.1 cm³/mol. The average molecular weight is 240 g/mol. The number of carbonyl (C=O) groups is 1. The molecule has 1 rings (SSSR count). The van der Waals surface area contributed by atoms with Gasteiger partial charge in [0.05, 0.1) is 0 Å². The zero-order valence-electron chi connectivity index (χ0n) is 10.0. The summed E-state index contributed by atoms with van der Waals surface area (Å²) >= 11 is 5.69. The third-order valence-electron chi connectivity index (χ3n) is 2.51. The highest BCUT2D eigenvalue weighted by molar-refractivity contribution is 6.18. The van der Waals surface area contributed by atoms with Crippen LogP contribution in [0.2, 0.25) is 0 Å².